The minimum Gasteiger partial charge on any atom is -0.494 e. The molecule has 0 aromatic heterocycles. The Balaban J connectivity index is 2.22. The first-order valence-corrected chi connectivity index (χ1v) is 7.41. The number of likely N-dealkylation sites (N-methyl/N-ethyl adjacent to an activating group) is 1. The number of carbonyl (C=O) groups excluding carboxylic acids is 1. The van der Waals surface area contributed by atoms with E-state index in [2.05, 4.69) is 10.2 Å². The highest BCUT2D eigenvalue weighted by Gasteiger charge is 2.09. The van der Waals surface area contributed by atoms with Crippen molar-refractivity contribution in [2.45, 2.75) is 33.2 Å². The van der Waals surface area contributed by atoms with Crippen LogP contribution in [0.15, 0.2) is 24.3 Å². The predicted octanol–water partition coefficient (Wildman–Crippen LogP) is 2.44. The van der Waals surface area contributed by atoms with Gasteiger partial charge in [0.2, 0.25) is 5.91 Å². The van der Waals surface area contributed by atoms with Gasteiger partial charge in [-0.25, -0.2) is 4.39 Å². The fourth-order valence-electron chi connectivity index (χ4n) is 1.93. The van der Waals surface area contributed by atoms with Gasteiger partial charge in [0.25, 0.3) is 0 Å². The van der Waals surface area contributed by atoms with Gasteiger partial charge in [-0.3, -0.25) is 9.69 Å². The Bertz CT molecular complexity index is 421. The van der Waals surface area contributed by atoms with Gasteiger partial charge in [0, 0.05) is 12.6 Å². The lowest BCUT2D eigenvalue weighted by atomic mass is 10.3. The predicted molar refractivity (Wildman–Crippen MR) is 81.9 cm³/mol. The summed E-state index contributed by atoms with van der Waals surface area (Å²) < 4.78 is 18.3. The molecule has 118 valence electrons. The second-order valence-electron chi connectivity index (χ2n) is 5.25. The molecule has 0 bridgehead atoms. The van der Waals surface area contributed by atoms with Gasteiger partial charge in [0.1, 0.15) is 11.6 Å². The molecule has 1 aromatic rings. The van der Waals surface area contributed by atoms with Crippen molar-refractivity contribution in [3.63, 3.8) is 0 Å². The van der Waals surface area contributed by atoms with Crippen LogP contribution in [0.25, 0.3) is 0 Å². The Morgan fingerprint density at radius 1 is 1.33 bits per heavy atom. The van der Waals surface area contributed by atoms with Crippen LogP contribution in [0.1, 0.15) is 27.2 Å². The van der Waals surface area contributed by atoms with E-state index in [-0.39, 0.29) is 17.8 Å². The SMILES string of the molecule is CCN(CCCOc1ccc(F)cc1)CC(=O)NC(C)C. The molecule has 1 rings (SSSR count). The summed E-state index contributed by atoms with van der Waals surface area (Å²) in [5.74, 6) is 0.443. The molecule has 0 spiro atoms. The van der Waals surface area contributed by atoms with E-state index >= 15 is 0 Å². The van der Waals surface area contributed by atoms with Crippen LogP contribution in [-0.4, -0.2) is 43.1 Å². The van der Waals surface area contributed by atoms with Crippen molar-refractivity contribution in [2.75, 3.05) is 26.2 Å². The first-order valence-electron chi connectivity index (χ1n) is 7.41. The Morgan fingerprint density at radius 3 is 2.57 bits per heavy atom. The zero-order valence-electron chi connectivity index (χ0n) is 13.1. The molecule has 0 radical (unpaired) electrons. The molecule has 0 aliphatic rings. The van der Waals surface area contributed by atoms with Crippen LogP contribution < -0.4 is 10.1 Å². The number of nitrogens with zero attached hydrogens (tertiary/aromatic N) is 1. The minimum absolute atomic E-state index is 0.0475. The maximum atomic E-state index is 12.7. The van der Waals surface area contributed by atoms with Gasteiger partial charge in [-0.1, -0.05) is 6.92 Å². The third kappa shape index (κ3) is 7.66. The number of halogens is 1. The van der Waals surface area contributed by atoms with Gasteiger partial charge >= 0.3 is 0 Å². The van der Waals surface area contributed by atoms with E-state index in [1.807, 2.05) is 20.8 Å². The number of benzene rings is 1. The van der Waals surface area contributed by atoms with Crippen molar-refractivity contribution in [1.29, 1.82) is 0 Å². The summed E-state index contributed by atoms with van der Waals surface area (Å²) in [5, 5.41) is 2.88. The smallest absolute Gasteiger partial charge is 0.234 e. The van der Waals surface area contributed by atoms with Crippen molar-refractivity contribution >= 4 is 5.91 Å². The summed E-state index contributed by atoms with van der Waals surface area (Å²) in [5.41, 5.74) is 0. The lowest BCUT2D eigenvalue weighted by Crippen LogP contribution is -2.40. The van der Waals surface area contributed by atoms with Crippen LogP contribution in [0.3, 0.4) is 0 Å². The number of rotatable bonds is 9. The Labute approximate surface area is 126 Å². The fourth-order valence-corrected chi connectivity index (χ4v) is 1.93. The Morgan fingerprint density at radius 2 is 2.00 bits per heavy atom. The highest BCUT2D eigenvalue weighted by Crippen LogP contribution is 2.11. The van der Waals surface area contributed by atoms with E-state index in [4.69, 9.17) is 4.74 Å². The molecule has 1 amide bonds. The van der Waals surface area contributed by atoms with E-state index in [0.29, 0.717) is 18.9 Å². The molecule has 0 heterocycles. The lowest BCUT2D eigenvalue weighted by Gasteiger charge is -2.20. The van der Waals surface area contributed by atoms with Gasteiger partial charge < -0.3 is 10.1 Å². The van der Waals surface area contributed by atoms with E-state index in [0.717, 1.165) is 19.5 Å². The molecule has 0 aliphatic heterocycles. The van der Waals surface area contributed by atoms with E-state index < -0.39 is 0 Å². The highest BCUT2D eigenvalue weighted by molar-refractivity contribution is 5.78. The minimum atomic E-state index is -0.268. The van der Waals surface area contributed by atoms with E-state index in [9.17, 15) is 9.18 Å². The number of carbonyl (C=O) groups is 1. The molecule has 21 heavy (non-hydrogen) atoms. The van der Waals surface area contributed by atoms with Gasteiger partial charge in [0.05, 0.1) is 13.2 Å². The number of hydrogen-bond acceptors (Lipinski definition) is 3. The summed E-state index contributed by atoms with van der Waals surface area (Å²) in [6, 6.07) is 6.15. The monoisotopic (exact) mass is 296 g/mol. The zero-order chi connectivity index (χ0) is 15.7. The fraction of sp³-hybridized carbons (Fsp3) is 0.562. The van der Waals surface area contributed by atoms with Crippen LogP contribution in [0, 0.1) is 5.82 Å². The van der Waals surface area contributed by atoms with Gasteiger partial charge in [-0.05, 0) is 51.1 Å². The average molecular weight is 296 g/mol. The van der Waals surface area contributed by atoms with Crippen LogP contribution >= 0.6 is 0 Å². The molecule has 0 fully saturated rings. The van der Waals surface area contributed by atoms with Gasteiger partial charge in [-0.2, -0.15) is 0 Å². The Kier molecular flexibility index (Phi) is 7.75. The lowest BCUT2D eigenvalue weighted by molar-refractivity contribution is -0.122. The largest absolute Gasteiger partial charge is 0.494 e. The van der Waals surface area contributed by atoms with Crippen molar-refractivity contribution < 1.29 is 13.9 Å². The summed E-state index contributed by atoms with van der Waals surface area (Å²) >= 11 is 0. The van der Waals surface area contributed by atoms with E-state index in [1.54, 1.807) is 12.1 Å². The maximum absolute atomic E-state index is 12.7. The third-order valence-corrected chi connectivity index (χ3v) is 2.97. The summed E-state index contributed by atoms with van der Waals surface area (Å²) in [6.45, 7) is 8.50. The number of nitrogens with one attached hydrogen (secondary N) is 1. The Hall–Kier alpha value is -1.62. The van der Waals surface area contributed by atoms with Crippen molar-refractivity contribution in [3.05, 3.63) is 30.1 Å². The normalized spacial score (nSPS) is 11.0. The van der Waals surface area contributed by atoms with Crippen LogP contribution in [0.5, 0.6) is 5.75 Å². The van der Waals surface area contributed by atoms with Crippen LogP contribution in [-0.2, 0) is 4.79 Å². The molecule has 0 aliphatic carbocycles. The van der Waals surface area contributed by atoms with Crippen molar-refractivity contribution in [2.24, 2.45) is 0 Å². The quantitative estimate of drug-likeness (QED) is 0.712. The highest BCUT2D eigenvalue weighted by atomic mass is 19.1. The second-order valence-corrected chi connectivity index (χ2v) is 5.25. The molecule has 0 atom stereocenters. The number of amides is 1. The molecule has 1 N–H and O–H groups in total. The van der Waals surface area contributed by atoms with Gasteiger partial charge in [0.15, 0.2) is 0 Å². The zero-order valence-corrected chi connectivity index (χ0v) is 13.1. The van der Waals surface area contributed by atoms with Crippen LogP contribution in [0.4, 0.5) is 4.39 Å². The molecule has 0 saturated heterocycles. The number of hydrogen-bond donors (Lipinski definition) is 1. The molecular weight excluding hydrogens is 271 g/mol. The molecule has 1 aromatic carbocycles. The topological polar surface area (TPSA) is 41.6 Å². The molecule has 0 unspecified atom stereocenters. The number of ether oxygens (including phenoxy) is 1. The average Bonchev–Trinajstić information content (AvgIpc) is 2.43. The standard InChI is InChI=1S/C16H25FN2O2/c1-4-19(12-16(20)18-13(2)3)10-5-11-21-15-8-6-14(17)7-9-15/h6-9,13H,4-5,10-12H2,1-3H3,(H,18,20). The van der Waals surface area contributed by atoms with Crippen molar-refractivity contribution in [1.82, 2.24) is 10.2 Å². The third-order valence-electron chi connectivity index (χ3n) is 2.97. The van der Waals surface area contributed by atoms with E-state index in [1.165, 1.54) is 12.1 Å². The molecule has 4 nitrogen and oxygen atoms in total. The maximum Gasteiger partial charge on any atom is 0.234 e. The van der Waals surface area contributed by atoms with Gasteiger partial charge in [-0.15, -0.1) is 0 Å². The van der Waals surface area contributed by atoms with Crippen LogP contribution in [0.2, 0.25) is 0 Å². The molecular formula is C16H25FN2O2. The summed E-state index contributed by atoms with van der Waals surface area (Å²) in [6.07, 6.45) is 0.820. The summed E-state index contributed by atoms with van der Waals surface area (Å²) in [7, 11) is 0. The first-order chi connectivity index (χ1) is 10.0. The van der Waals surface area contributed by atoms with Crippen molar-refractivity contribution in [3.8, 4) is 5.75 Å². The second kappa shape index (κ2) is 9.34. The molecule has 0 saturated carbocycles. The molecule has 5 heteroatoms. The summed E-state index contributed by atoms with van der Waals surface area (Å²) in [4.78, 5) is 13.8. The first kappa shape index (κ1) is 17.4.